The Labute approximate surface area is 141 Å². The van der Waals surface area contributed by atoms with E-state index < -0.39 is 5.82 Å². The van der Waals surface area contributed by atoms with Crippen LogP contribution in [0.25, 0.3) is 0 Å². The number of benzene rings is 1. The SMILES string of the molecule is CC1CC(CNC(=O)NCc2cccc(OC3CC3)c2F)C(C)O1. The lowest BCUT2D eigenvalue weighted by Crippen LogP contribution is -2.39. The van der Waals surface area contributed by atoms with Crippen LogP contribution in [0, 0.1) is 11.7 Å². The van der Waals surface area contributed by atoms with Gasteiger partial charge in [-0.25, -0.2) is 9.18 Å². The molecule has 0 radical (unpaired) electrons. The molecule has 6 heteroatoms. The Balaban J connectivity index is 1.45. The molecule has 3 rings (SSSR count). The fourth-order valence-electron chi connectivity index (χ4n) is 3.01. The molecule has 3 atom stereocenters. The number of urea groups is 1. The van der Waals surface area contributed by atoms with Crippen LogP contribution in [0.5, 0.6) is 5.75 Å². The van der Waals surface area contributed by atoms with Gasteiger partial charge in [-0.2, -0.15) is 0 Å². The summed E-state index contributed by atoms with van der Waals surface area (Å²) in [6, 6.07) is 4.73. The summed E-state index contributed by atoms with van der Waals surface area (Å²) in [6.45, 7) is 4.75. The van der Waals surface area contributed by atoms with Crippen molar-refractivity contribution >= 4 is 6.03 Å². The quantitative estimate of drug-likeness (QED) is 0.840. The summed E-state index contributed by atoms with van der Waals surface area (Å²) < 4.78 is 25.5. The summed E-state index contributed by atoms with van der Waals surface area (Å²) in [6.07, 6.45) is 3.42. The molecule has 1 saturated heterocycles. The van der Waals surface area contributed by atoms with Gasteiger partial charge in [0, 0.05) is 24.6 Å². The summed E-state index contributed by atoms with van der Waals surface area (Å²) in [7, 11) is 0. The van der Waals surface area contributed by atoms with E-state index in [1.54, 1.807) is 18.2 Å². The first-order chi connectivity index (χ1) is 11.5. The Bertz CT molecular complexity index is 592. The van der Waals surface area contributed by atoms with E-state index in [4.69, 9.17) is 9.47 Å². The van der Waals surface area contributed by atoms with Crippen molar-refractivity contribution in [3.63, 3.8) is 0 Å². The third-order valence-corrected chi connectivity index (χ3v) is 4.57. The number of ether oxygens (including phenoxy) is 2. The first-order valence-corrected chi connectivity index (χ1v) is 8.64. The molecule has 24 heavy (non-hydrogen) atoms. The lowest BCUT2D eigenvalue weighted by Gasteiger charge is -2.15. The van der Waals surface area contributed by atoms with Gasteiger partial charge in [-0.05, 0) is 39.2 Å². The molecule has 132 valence electrons. The number of carbonyl (C=O) groups is 1. The normalized spacial score (nSPS) is 26.2. The van der Waals surface area contributed by atoms with Crippen LogP contribution in [-0.2, 0) is 11.3 Å². The highest BCUT2D eigenvalue weighted by molar-refractivity contribution is 5.73. The van der Waals surface area contributed by atoms with Crippen LogP contribution < -0.4 is 15.4 Å². The van der Waals surface area contributed by atoms with Crippen molar-refractivity contribution in [2.24, 2.45) is 5.92 Å². The average molecular weight is 336 g/mol. The van der Waals surface area contributed by atoms with Crippen molar-refractivity contribution in [3.8, 4) is 5.75 Å². The summed E-state index contributed by atoms with van der Waals surface area (Å²) in [4.78, 5) is 11.9. The van der Waals surface area contributed by atoms with Crippen LogP contribution in [0.1, 0.15) is 38.7 Å². The second-order valence-electron chi connectivity index (χ2n) is 6.76. The van der Waals surface area contributed by atoms with Crippen LogP contribution >= 0.6 is 0 Å². The van der Waals surface area contributed by atoms with Crippen molar-refractivity contribution in [1.82, 2.24) is 10.6 Å². The van der Waals surface area contributed by atoms with Crippen molar-refractivity contribution in [3.05, 3.63) is 29.6 Å². The minimum absolute atomic E-state index is 0.132. The highest BCUT2D eigenvalue weighted by atomic mass is 19.1. The number of hydrogen-bond acceptors (Lipinski definition) is 3. The van der Waals surface area contributed by atoms with Gasteiger partial charge in [0.2, 0.25) is 0 Å². The van der Waals surface area contributed by atoms with Gasteiger partial charge in [0.15, 0.2) is 11.6 Å². The third kappa shape index (κ3) is 4.38. The second-order valence-corrected chi connectivity index (χ2v) is 6.76. The van der Waals surface area contributed by atoms with Gasteiger partial charge in [0.25, 0.3) is 0 Å². The van der Waals surface area contributed by atoms with Gasteiger partial charge in [-0.1, -0.05) is 12.1 Å². The van der Waals surface area contributed by atoms with Crippen molar-refractivity contribution in [1.29, 1.82) is 0 Å². The topological polar surface area (TPSA) is 59.6 Å². The van der Waals surface area contributed by atoms with Crippen LogP contribution in [0.15, 0.2) is 18.2 Å². The van der Waals surface area contributed by atoms with E-state index in [1.165, 1.54) is 0 Å². The van der Waals surface area contributed by atoms with Crippen molar-refractivity contribution in [2.75, 3.05) is 6.54 Å². The number of nitrogens with one attached hydrogen (secondary N) is 2. The highest BCUT2D eigenvalue weighted by Gasteiger charge is 2.29. The molecule has 1 heterocycles. The number of rotatable bonds is 6. The van der Waals surface area contributed by atoms with E-state index in [0.29, 0.717) is 18.0 Å². The summed E-state index contributed by atoms with van der Waals surface area (Å²) >= 11 is 0. The van der Waals surface area contributed by atoms with E-state index in [9.17, 15) is 9.18 Å². The first-order valence-electron chi connectivity index (χ1n) is 8.64. The maximum Gasteiger partial charge on any atom is 0.315 e. The Morgan fingerprint density at radius 3 is 2.79 bits per heavy atom. The lowest BCUT2D eigenvalue weighted by atomic mass is 10.0. The molecule has 1 aromatic carbocycles. The van der Waals surface area contributed by atoms with E-state index in [1.807, 2.05) is 13.8 Å². The molecule has 1 aliphatic carbocycles. The van der Waals surface area contributed by atoms with Gasteiger partial charge in [-0.15, -0.1) is 0 Å². The van der Waals surface area contributed by atoms with E-state index >= 15 is 0 Å². The second kappa shape index (κ2) is 7.38. The minimum atomic E-state index is -0.392. The van der Waals surface area contributed by atoms with Crippen molar-refractivity contribution in [2.45, 2.75) is 58.0 Å². The third-order valence-electron chi connectivity index (χ3n) is 4.57. The number of amides is 2. The summed E-state index contributed by atoms with van der Waals surface area (Å²) in [5, 5.41) is 5.54. The molecule has 0 spiro atoms. The molecule has 0 aromatic heterocycles. The van der Waals surface area contributed by atoms with E-state index in [2.05, 4.69) is 10.6 Å². The lowest BCUT2D eigenvalue weighted by molar-refractivity contribution is 0.0563. The molecule has 1 saturated carbocycles. The molecule has 2 amide bonds. The monoisotopic (exact) mass is 336 g/mol. The Morgan fingerprint density at radius 1 is 1.33 bits per heavy atom. The van der Waals surface area contributed by atoms with Gasteiger partial charge < -0.3 is 20.1 Å². The first kappa shape index (κ1) is 17.0. The molecule has 1 aromatic rings. The molecule has 5 nitrogen and oxygen atoms in total. The zero-order chi connectivity index (χ0) is 17.1. The standard InChI is InChI=1S/C18H25FN2O3/c1-11-8-14(12(2)23-11)10-21-18(22)20-9-13-4-3-5-16(17(13)19)24-15-6-7-15/h3-5,11-12,14-15H,6-10H2,1-2H3,(H2,20,21,22). The molecule has 0 bridgehead atoms. The number of hydrogen-bond donors (Lipinski definition) is 2. The predicted molar refractivity (Wildman–Crippen MR) is 88.4 cm³/mol. The van der Waals surface area contributed by atoms with Gasteiger partial charge in [-0.3, -0.25) is 0 Å². The maximum atomic E-state index is 14.3. The predicted octanol–water partition coefficient (Wildman–Crippen LogP) is 2.98. The largest absolute Gasteiger partial charge is 0.487 e. The maximum absolute atomic E-state index is 14.3. The van der Waals surface area contributed by atoms with Gasteiger partial charge >= 0.3 is 6.03 Å². The Morgan fingerprint density at radius 2 is 2.12 bits per heavy atom. The zero-order valence-electron chi connectivity index (χ0n) is 14.2. The minimum Gasteiger partial charge on any atom is -0.487 e. The molecule has 1 aliphatic heterocycles. The molecule has 2 aliphatic rings. The Hall–Kier alpha value is -1.82. The molecular weight excluding hydrogens is 311 g/mol. The summed E-state index contributed by atoms with van der Waals surface area (Å²) in [5.41, 5.74) is 0.425. The number of halogens is 1. The van der Waals surface area contributed by atoms with E-state index in [-0.39, 0.29) is 36.6 Å². The smallest absolute Gasteiger partial charge is 0.315 e. The average Bonchev–Trinajstić information content (AvgIpc) is 3.30. The fraction of sp³-hybridized carbons (Fsp3) is 0.611. The fourth-order valence-corrected chi connectivity index (χ4v) is 3.01. The van der Waals surface area contributed by atoms with Gasteiger partial charge in [0.1, 0.15) is 0 Å². The van der Waals surface area contributed by atoms with Crippen molar-refractivity contribution < 1.29 is 18.7 Å². The van der Waals surface area contributed by atoms with Gasteiger partial charge in [0.05, 0.1) is 18.3 Å². The highest BCUT2D eigenvalue weighted by Crippen LogP contribution is 2.29. The van der Waals surface area contributed by atoms with Crippen LogP contribution in [-0.4, -0.2) is 30.9 Å². The van der Waals surface area contributed by atoms with E-state index in [0.717, 1.165) is 19.3 Å². The molecular formula is C18H25FN2O3. The molecule has 2 fully saturated rings. The zero-order valence-corrected chi connectivity index (χ0v) is 14.2. The van der Waals surface area contributed by atoms with Crippen LogP contribution in [0.4, 0.5) is 9.18 Å². The van der Waals surface area contributed by atoms with Crippen LogP contribution in [0.2, 0.25) is 0 Å². The molecule has 2 N–H and O–H groups in total. The van der Waals surface area contributed by atoms with Crippen LogP contribution in [0.3, 0.4) is 0 Å². The summed E-state index contributed by atoms with van der Waals surface area (Å²) in [5.74, 6) is 0.192. The number of carbonyl (C=O) groups excluding carboxylic acids is 1. The molecule has 3 unspecified atom stereocenters. The Kier molecular flexibility index (Phi) is 5.23.